The van der Waals surface area contributed by atoms with E-state index in [1.165, 1.54) is 0 Å². The molecule has 0 aliphatic carbocycles. The van der Waals surface area contributed by atoms with Gasteiger partial charge in [0.15, 0.2) is 0 Å². The van der Waals surface area contributed by atoms with Crippen LogP contribution in [0.1, 0.15) is 22.8 Å². The van der Waals surface area contributed by atoms with Gasteiger partial charge in [-0.2, -0.15) is 0 Å². The fraction of sp³-hybridized carbons (Fsp3) is 0.200. The van der Waals surface area contributed by atoms with Crippen molar-refractivity contribution in [3.63, 3.8) is 0 Å². The SMILES string of the molecule is CCOC1Cc2ccccc2C(=O)N1c1cccc2cccnc12. The predicted molar refractivity (Wildman–Crippen MR) is 94.1 cm³/mol. The zero-order valence-corrected chi connectivity index (χ0v) is 13.5. The highest BCUT2D eigenvalue weighted by atomic mass is 16.5. The van der Waals surface area contributed by atoms with E-state index in [0.717, 1.165) is 27.7 Å². The van der Waals surface area contributed by atoms with Crippen molar-refractivity contribution in [3.8, 4) is 0 Å². The molecule has 1 aliphatic rings. The minimum atomic E-state index is -0.315. The number of nitrogens with zero attached hydrogens (tertiary/aromatic N) is 2. The van der Waals surface area contributed by atoms with E-state index >= 15 is 0 Å². The Balaban J connectivity index is 1.89. The van der Waals surface area contributed by atoms with Crippen LogP contribution in [0.15, 0.2) is 60.8 Å². The molecule has 0 saturated carbocycles. The molecule has 120 valence electrons. The number of anilines is 1. The van der Waals surface area contributed by atoms with Crippen LogP contribution in [0.5, 0.6) is 0 Å². The number of amides is 1. The van der Waals surface area contributed by atoms with Crippen LogP contribution in [-0.2, 0) is 11.2 Å². The van der Waals surface area contributed by atoms with Gasteiger partial charge in [0.25, 0.3) is 5.91 Å². The molecule has 4 nitrogen and oxygen atoms in total. The van der Waals surface area contributed by atoms with E-state index < -0.39 is 0 Å². The summed E-state index contributed by atoms with van der Waals surface area (Å²) in [6.07, 6.45) is 2.12. The molecule has 24 heavy (non-hydrogen) atoms. The van der Waals surface area contributed by atoms with Crippen LogP contribution in [0.2, 0.25) is 0 Å². The predicted octanol–water partition coefficient (Wildman–Crippen LogP) is 3.80. The van der Waals surface area contributed by atoms with E-state index in [1.807, 2.05) is 61.5 Å². The number of rotatable bonds is 3. The summed E-state index contributed by atoms with van der Waals surface area (Å²) in [5.74, 6) is -0.0338. The number of hydrogen-bond acceptors (Lipinski definition) is 3. The van der Waals surface area contributed by atoms with Gasteiger partial charge in [0.1, 0.15) is 6.23 Å². The van der Waals surface area contributed by atoms with Gasteiger partial charge in [0, 0.05) is 30.2 Å². The molecule has 0 spiro atoms. The first-order chi connectivity index (χ1) is 11.8. The van der Waals surface area contributed by atoms with Crippen molar-refractivity contribution < 1.29 is 9.53 Å². The number of fused-ring (bicyclic) bond motifs is 2. The second-order valence-electron chi connectivity index (χ2n) is 5.80. The molecule has 2 heterocycles. The van der Waals surface area contributed by atoms with Gasteiger partial charge >= 0.3 is 0 Å². The highest BCUT2D eigenvalue weighted by molar-refractivity contribution is 6.11. The number of aromatic nitrogens is 1. The number of pyridine rings is 1. The highest BCUT2D eigenvalue weighted by Crippen LogP contribution is 2.33. The van der Waals surface area contributed by atoms with Crippen molar-refractivity contribution in [2.24, 2.45) is 0 Å². The summed E-state index contributed by atoms with van der Waals surface area (Å²) >= 11 is 0. The number of hydrogen-bond donors (Lipinski definition) is 0. The van der Waals surface area contributed by atoms with Crippen LogP contribution < -0.4 is 4.90 Å². The zero-order valence-electron chi connectivity index (χ0n) is 13.5. The third kappa shape index (κ3) is 2.36. The van der Waals surface area contributed by atoms with E-state index in [2.05, 4.69) is 4.98 Å². The molecule has 4 rings (SSSR count). The molecular weight excluding hydrogens is 300 g/mol. The zero-order chi connectivity index (χ0) is 16.5. The molecule has 0 radical (unpaired) electrons. The van der Waals surface area contributed by atoms with Gasteiger partial charge in [-0.05, 0) is 30.7 Å². The average molecular weight is 318 g/mol. The standard InChI is InChI=1S/C20H18N2O2/c1-2-24-18-13-15-7-3-4-10-16(15)20(23)22(18)17-11-5-8-14-9-6-12-21-19(14)17/h3-12,18H,2,13H2,1H3. The Bertz CT molecular complexity index is 902. The van der Waals surface area contributed by atoms with Crippen molar-refractivity contribution in [2.75, 3.05) is 11.5 Å². The Morgan fingerprint density at radius 3 is 2.83 bits per heavy atom. The molecule has 0 fully saturated rings. The molecule has 1 aliphatic heterocycles. The number of para-hydroxylation sites is 1. The quantitative estimate of drug-likeness (QED) is 0.737. The fourth-order valence-electron chi connectivity index (χ4n) is 3.32. The Morgan fingerprint density at radius 2 is 1.96 bits per heavy atom. The first kappa shape index (κ1) is 14.8. The van der Waals surface area contributed by atoms with Crippen molar-refractivity contribution in [1.29, 1.82) is 0 Å². The second-order valence-corrected chi connectivity index (χ2v) is 5.80. The van der Waals surface area contributed by atoms with E-state index in [-0.39, 0.29) is 12.1 Å². The second kappa shape index (κ2) is 6.06. The van der Waals surface area contributed by atoms with Gasteiger partial charge in [-0.25, -0.2) is 0 Å². The lowest BCUT2D eigenvalue weighted by atomic mass is 9.97. The molecule has 2 aromatic carbocycles. The Morgan fingerprint density at radius 1 is 1.12 bits per heavy atom. The maximum absolute atomic E-state index is 13.2. The van der Waals surface area contributed by atoms with Gasteiger partial charge in [0.05, 0.1) is 11.2 Å². The van der Waals surface area contributed by atoms with Gasteiger partial charge in [-0.15, -0.1) is 0 Å². The average Bonchev–Trinajstić information content (AvgIpc) is 2.62. The topological polar surface area (TPSA) is 42.4 Å². The van der Waals surface area contributed by atoms with Gasteiger partial charge < -0.3 is 4.74 Å². The molecule has 0 saturated heterocycles. The summed E-state index contributed by atoms with van der Waals surface area (Å²) in [6.45, 7) is 2.50. The molecule has 1 atom stereocenters. The minimum Gasteiger partial charge on any atom is -0.358 e. The smallest absolute Gasteiger partial charge is 0.260 e. The van der Waals surface area contributed by atoms with E-state index in [1.54, 1.807) is 11.1 Å². The third-order valence-corrected chi connectivity index (χ3v) is 4.38. The highest BCUT2D eigenvalue weighted by Gasteiger charge is 2.34. The van der Waals surface area contributed by atoms with E-state index in [4.69, 9.17) is 4.74 Å². The van der Waals surface area contributed by atoms with Crippen LogP contribution in [-0.4, -0.2) is 23.7 Å². The molecular formula is C20H18N2O2. The van der Waals surface area contributed by atoms with E-state index in [0.29, 0.717) is 13.0 Å². The van der Waals surface area contributed by atoms with Gasteiger partial charge in [-0.3, -0.25) is 14.7 Å². The van der Waals surface area contributed by atoms with Crippen LogP contribution >= 0.6 is 0 Å². The van der Waals surface area contributed by atoms with Crippen molar-refractivity contribution in [3.05, 3.63) is 71.9 Å². The third-order valence-electron chi connectivity index (χ3n) is 4.38. The summed E-state index contributed by atoms with van der Waals surface area (Å²) in [6, 6.07) is 17.5. The molecule has 0 N–H and O–H groups in total. The summed E-state index contributed by atoms with van der Waals surface area (Å²) in [5, 5.41) is 1.01. The first-order valence-corrected chi connectivity index (χ1v) is 8.16. The number of benzene rings is 2. The lowest BCUT2D eigenvalue weighted by Crippen LogP contribution is -2.47. The number of carbonyl (C=O) groups is 1. The first-order valence-electron chi connectivity index (χ1n) is 8.16. The maximum atomic E-state index is 13.2. The van der Waals surface area contributed by atoms with Crippen molar-refractivity contribution in [1.82, 2.24) is 4.98 Å². The Hall–Kier alpha value is -2.72. The van der Waals surface area contributed by atoms with Crippen molar-refractivity contribution >= 4 is 22.5 Å². The van der Waals surface area contributed by atoms with Crippen LogP contribution in [0.3, 0.4) is 0 Å². The number of ether oxygens (including phenoxy) is 1. The maximum Gasteiger partial charge on any atom is 0.260 e. The van der Waals surface area contributed by atoms with Gasteiger partial charge in [0.2, 0.25) is 0 Å². The molecule has 1 aromatic heterocycles. The van der Waals surface area contributed by atoms with Gasteiger partial charge in [-0.1, -0.05) is 36.4 Å². The molecule has 1 unspecified atom stereocenters. The lowest BCUT2D eigenvalue weighted by molar-refractivity contribution is 0.0495. The summed E-state index contributed by atoms with van der Waals surface area (Å²) in [4.78, 5) is 19.4. The fourth-order valence-corrected chi connectivity index (χ4v) is 3.32. The van der Waals surface area contributed by atoms with Crippen molar-refractivity contribution in [2.45, 2.75) is 19.6 Å². The normalized spacial score (nSPS) is 17.1. The molecule has 1 amide bonds. The minimum absolute atomic E-state index is 0.0338. The Kier molecular flexibility index (Phi) is 3.75. The molecule has 4 heteroatoms. The van der Waals surface area contributed by atoms with Crippen LogP contribution in [0, 0.1) is 0 Å². The lowest BCUT2D eigenvalue weighted by Gasteiger charge is -2.36. The Labute approximate surface area is 140 Å². The monoisotopic (exact) mass is 318 g/mol. The molecule has 0 bridgehead atoms. The van der Waals surface area contributed by atoms with E-state index in [9.17, 15) is 4.79 Å². The van der Waals surface area contributed by atoms with Crippen LogP contribution in [0.4, 0.5) is 5.69 Å². The summed E-state index contributed by atoms with van der Waals surface area (Å²) in [7, 11) is 0. The largest absolute Gasteiger partial charge is 0.358 e. The number of carbonyl (C=O) groups excluding carboxylic acids is 1. The molecule has 3 aromatic rings. The van der Waals surface area contributed by atoms with Crippen LogP contribution in [0.25, 0.3) is 10.9 Å². The summed E-state index contributed by atoms with van der Waals surface area (Å²) in [5.41, 5.74) is 3.38. The summed E-state index contributed by atoms with van der Waals surface area (Å²) < 4.78 is 5.90.